The second-order valence-electron chi connectivity index (χ2n) is 5.42. The standard InChI is InChI=1S/C12H22N2O2/c1-9-4-2-5-10(9)14-11(15)13-8-12(16)6-3-7-12/h9-10,16H,2-8H2,1H3,(H2,13,14,15). The van der Waals surface area contributed by atoms with Crippen LogP contribution in [0.15, 0.2) is 0 Å². The number of rotatable bonds is 3. The molecule has 0 aromatic carbocycles. The van der Waals surface area contributed by atoms with Crippen molar-refractivity contribution in [1.82, 2.24) is 10.6 Å². The molecule has 2 fully saturated rings. The number of hydrogen-bond donors (Lipinski definition) is 3. The molecule has 4 nitrogen and oxygen atoms in total. The van der Waals surface area contributed by atoms with E-state index in [1.54, 1.807) is 0 Å². The molecule has 2 aliphatic rings. The van der Waals surface area contributed by atoms with Gasteiger partial charge in [-0.15, -0.1) is 0 Å². The molecule has 2 saturated carbocycles. The molecule has 3 N–H and O–H groups in total. The molecular weight excluding hydrogens is 204 g/mol. The Morgan fingerprint density at radius 3 is 2.62 bits per heavy atom. The van der Waals surface area contributed by atoms with Crippen LogP contribution in [0.1, 0.15) is 45.4 Å². The Morgan fingerprint density at radius 1 is 1.38 bits per heavy atom. The monoisotopic (exact) mass is 226 g/mol. The van der Waals surface area contributed by atoms with Crippen molar-refractivity contribution in [2.45, 2.75) is 57.1 Å². The average Bonchev–Trinajstić information content (AvgIpc) is 2.59. The molecule has 0 aromatic rings. The highest BCUT2D eigenvalue weighted by Gasteiger charge is 2.34. The van der Waals surface area contributed by atoms with Crippen molar-refractivity contribution in [1.29, 1.82) is 0 Å². The molecule has 2 unspecified atom stereocenters. The van der Waals surface area contributed by atoms with E-state index < -0.39 is 5.60 Å². The molecule has 0 aromatic heterocycles. The molecule has 16 heavy (non-hydrogen) atoms. The number of hydrogen-bond acceptors (Lipinski definition) is 2. The predicted molar refractivity (Wildman–Crippen MR) is 62.1 cm³/mol. The van der Waals surface area contributed by atoms with E-state index in [2.05, 4.69) is 17.6 Å². The van der Waals surface area contributed by atoms with E-state index in [0.717, 1.165) is 25.7 Å². The maximum absolute atomic E-state index is 11.6. The third-order valence-electron chi connectivity index (χ3n) is 4.04. The van der Waals surface area contributed by atoms with Gasteiger partial charge < -0.3 is 15.7 Å². The summed E-state index contributed by atoms with van der Waals surface area (Å²) in [5.74, 6) is 0.581. The van der Waals surface area contributed by atoms with Crippen LogP contribution in [0.5, 0.6) is 0 Å². The molecule has 4 heteroatoms. The van der Waals surface area contributed by atoms with Crippen LogP contribution < -0.4 is 10.6 Å². The van der Waals surface area contributed by atoms with Crippen LogP contribution in [0, 0.1) is 5.92 Å². The molecule has 0 saturated heterocycles. The van der Waals surface area contributed by atoms with Gasteiger partial charge in [-0.05, 0) is 38.0 Å². The van der Waals surface area contributed by atoms with Gasteiger partial charge in [0, 0.05) is 12.6 Å². The summed E-state index contributed by atoms with van der Waals surface area (Å²) in [5.41, 5.74) is -0.626. The largest absolute Gasteiger partial charge is 0.388 e. The zero-order chi connectivity index (χ0) is 11.6. The number of carbonyl (C=O) groups excluding carboxylic acids is 1. The van der Waals surface area contributed by atoms with Crippen LogP contribution >= 0.6 is 0 Å². The molecular formula is C12H22N2O2. The van der Waals surface area contributed by atoms with E-state index in [4.69, 9.17) is 0 Å². The van der Waals surface area contributed by atoms with E-state index in [9.17, 15) is 9.90 Å². The van der Waals surface area contributed by atoms with Crippen LogP contribution in [-0.4, -0.2) is 29.3 Å². The summed E-state index contributed by atoms with van der Waals surface area (Å²) >= 11 is 0. The zero-order valence-electron chi connectivity index (χ0n) is 9.96. The van der Waals surface area contributed by atoms with Gasteiger partial charge in [0.2, 0.25) is 0 Å². The van der Waals surface area contributed by atoms with Gasteiger partial charge in [0.25, 0.3) is 0 Å². The number of amides is 2. The molecule has 0 spiro atoms. The van der Waals surface area contributed by atoms with Crippen LogP contribution in [0.2, 0.25) is 0 Å². The molecule has 2 atom stereocenters. The Labute approximate surface area is 96.8 Å². The fourth-order valence-corrected chi connectivity index (χ4v) is 2.59. The number of urea groups is 1. The Kier molecular flexibility index (Phi) is 3.38. The lowest BCUT2D eigenvalue weighted by atomic mass is 9.80. The van der Waals surface area contributed by atoms with Crippen molar-refractivity contribution < 1.29 is 9.90 Å². The Hall–Kier alpha value is -0.770. The first kappa shape index (κ1) is 11.7. The van der Waals surface area contributed by atoms with Crippen LogP contribution in [0.3, 0.4) is 0 Å². The summed E-state index contributed by atoms with van der Waals surface area (Å²) in [4.78, 5) is 11.6. The third kappa shape index (κ3) is 2.67. The third-order valence-corrected chi connectivity index (χ3v) is 4.04. The van der Waals surface area contributed by atoms with E-state index in [-0.39, 0.29) is 6.03 Å². The van der Waals surface area contributed by atoms with E-state index in [1.807, 2.05) is 0 Å². The minimum Gasteiger partial charge on any atom is -0.388 e. The summed E-state index contributed by atoms with van der Waals surface area (Å²) in [5, 5.41) is 15.6. The normalized spacial score (nSPS) is 31.9. The Morgan fingerprint density at radius 2 is 2.12 bits per heavy atom. The fraction of sp³-hybridized carbons (Fsp3) is 0.917. The Balaban J connectivity index is 1.68. The summed E-state index contributed by atoms with van der Waals surface area (Å²) < 4.78 is 0. The van der Waals surface area contributed by atoms with Gasteiger partial charge in [0.1, 0.15) is 0 Å². The first-order chi connectivity index (χ1) is 7.59. The molecule has 2 rings (SSSR count). The summed E-state index contributed by atoms with van der Waals surface area (Å²) in [6.07, 6.45) is 6.18. The van der Waals surface area contributed by atoms with Crippen LogP contribution in [0.4, 0.5) is 4.79 Å². The lowest BCUT2D eigenvalue weighted by molar-refractivity contribution is -0.0290. The smallest absolute Gasteiger partial charge is 0.315 e. The quantitative estimate of drug-likeness (QED) is 0.681. The lowest BCUT2D eigenvalue weighted by Crippen LogP contribution is -2.51. The van der Waals surface area contributed by atoms with Gasteiger partial charge in [-0.25, -0.2) is 4.79 Å². The number of nitrogens with one attached hydrogen (secondary N) is 2. The first-order valence-electron chi connectivity index (χ1n) is 6.36. The van der Waals surface area contributed by atoms with Gasteiger partial charge in [0.05, 0.1) is 5.60 Å². The van der Waals surface area contributed by atoms with E-state index in [0.29, 0.717) is 18.5 Å². The van der Waals surface area contributed by atoms with Gasteiger partial charge >= 0.3 is 6.03 Å². The molecule has 0 bridgehead atoms. The fourth-order valence-electron chi connectivity index (χ4n) is 2.59. The predicted octanol–water partition coefficient (Wildman–Crippen LogP) is 1.39. The van der Waals surface area contributed by atoms with Crippen molar-refractivity contribution in [2.75, 3.05) is 6.54 Å². The maximum Gasteiger partial charge on any atom is 0.315 e. The SMILES string of the molecule is CC1CCCC1NC(=O)NCC1(O)CCC1. The van der Waals surface area contributed by atoms with Crippen LogP contribution in [-0.2, 0) is 0 Å². The molecule has 2 amide bonds. The second-order valence-corrected chi connectivity index (χ2v) is 5.42. The maximum atomic E-state index is 11.6. The average molecular weight is 226 g/mol. The van der Waals surface area contributed by atoms with Crippen molar-refractivity contribution in [3.05, 3.63) is 0 Å². The highest BCUT2D eigenvalue weighted by atomic mass is 16.3. The van der Waals surface area contributed by atoms with E-state index >= 15 is 0 Å². The lowest BCUT2D eigenvalue weighted by Gasteiger charge is -2.36. The van der Waals surface area contributed by atoms with Crippen LogP contribution in [0.25, 0.3) is 0 Å². The molecule has 2 aliphatic carbocycles. The summed E-state index contributed by atoms with van der Waals surface area (Å²) in [6, 6.07) is 0.190. The van der Waals surface area contributed by atoms with Gasteiger partial charge in [0.15, 0.2) is 0 Å². The van der Waals surface area contributed by atoms with Crippen molar-refractivity contribution >= 4 is 6.03 Å². The minimum absolute atomic E-state index is 0.126. The number of carbonyl (C=O) groups is 1. The van der Waals surface area contributed by atoms with Gasteiger partial charge in [-0.2, -0.15) is 0 Å². The highest BCUT2D eigenvalue weighted by molar-refractivity contribution is 5.74. The number of aliphatic hydroxyl groups is 1. The van der Waals surface area contributed by atoms with E-state index in [1.165, 1.54) is 12.8 Å². The topological polar surface area (TPSA) is 61.4 Å². The second kappa shape index (κ2) is 4.62. The Bertz CT molecular complexity index is 264. The van der Waals surface area contributed by atoms with Crippen molar-refractivity contribution in [3.63, 3.8) is 0 Å². The molecule has 92 valence electrons. The van der Waals surface area contributed by atoms with Crippen molar-refractivity contribution in [3.8, 4) is 0 Å². The van der Waals surface area contributed by atoms with Crippen molar-refractivity contribution in [2.24, 2.45) is 5.92 Å². The zero-order valence-corrected chi connectivity index (χ0v) is 9.96. The minimum atomic E-state index is -0.626. The molecule has 0 aliphatic heterocycles. The van der Waals surface area contributed by atoms with Gasteiger partial charge in [-0.1, -0.05) is 13.3 Å². The molecule has 0 radical (unpaired) electrons. The highest BCUT2D eigenvalue weighted by Crippen LogP contribution is 2.30. The summed E-state index contributed by atoms with van der Waals surface area (Å²) in [6.45, 7) is 2.57. The molecule has 0 heterocycles. The summed E-state index contributed by atoms with van der Waals surface area (Å²) in [7, 11) is 0. The first-order valence-corrected chi connectivity index (χ1v) is 6.36. The van der Waals surface area contributed by atoms with Gasteiger partial charge in [-0.3, -0.25) is 0 Å².